The summed E-state index contributed by atoms with van der Waals surface area (Å²) in [6.45, 7) is 7.27. The fraction of sp³-hybridized carbons (Fsp3) is 0.409. The number of aryl methyl sites for hydroxylation is 2. The summed E-state index contributed by atoms with van der Waals surface area (Å²) in [5, 5.41) is 5.95. The third kappa shape index (κ3) is 3.70. The van der Waals surface area contributed by atoms with Crippen LogP contribution in [0.3, 0.4) is 0 Å². The zero-order chi connectivity index (χ0) is 20.4. The Labute approximate surface area is 169 Å². The van der Waals surface area contributed by atoms with Crippen molar-refractivity contribution in [3.63, 3.8) is 0 Å². The van der Waals surface area contributed by atoms with Gasteiger partial charge in [0.2, 0.25) is 5.91 Å². The van der Waals surface area contributed by atoms with Gasteiger partial charge >= 0.3 is 0 Å². The number of ether oxygens (including phenoxy) is 1. The molecule has 1 saturated heterocycles. The summed E-state index contributed by atoms with van der Waals surface area (Å²) in [6.07, 6.45) is 3.00. The lowest BCUT2D eigenvalue weighted by atomic mass is 10.2. The number of nitrogens with zero attached hydrogens (tertiary/aromatic N) is 4. The van der Waals surface area contributed by atoms with E-state index in [1.807, 2.05) is 49.1 Å². The molecule has 2 aromatic heterocycles. The first-order valence-corrected chi connectivity index (χ1v) is 10.1. The Morgan fingerprint density at radius 2 is 1.83 bits per heavy atom. The van der Waals surface area contributed by atoms with E-state index in [1.165, 1.54) is 4.68 Å². The molecule has 3 heterocycles. The van der Waals surface area contributed by atoms with Gasteiger partial charge in [0.25, 0.3) is 5.56 Å². The van der Waals surface area contributed by atoms with Crippen LogP contribution < -0.4 is 5.56 Å². The van der Waals surface area contributed by atoms with Gasteiger partial charge < -0.3 is 14.2 Å². The number of para-hydroxylation sites is 1. The molecule has 1 fully saturated rings. The summed E-state index contributed by atoms with van der Waals surface area (Å²) in [5.74, 6) is 0.174. The summed E-state index contributed by atoms with van der Waals surface area (Å²) in [4.78, 5) is 27.4. The predicted octanol–water partition coefficient (Wildman–Crippen LogP) is 2.44. The molecule has 1 aromatic carbocycles. The van der Waals surface area contributed by atoms with Crippen LogP contribution in [0.2, 0.25) is 0 Å². The predicted molar refractivity (Wildman–Crippen MR) is 111 cm³/mol. The zero-order valence-electron chi connectivity index (χ0n) is 16.9. The fourth-order valence-electron chi connectivity index (χ4n) is 4.06. The molecule has 0 bridgehead atoms. The van der Waals surface area contributed by atoms with E-state index >= 15 is 0 Å². The fourth-order valence-corrected chi connectivity index (χ4v) is 4.06. The Hall–Kier alpha value is -2.93. The Morgan fingerprint density at radius 3 is 2.55 bits per heavy atom. The van der Waals surface area contributed by atoms with Gasteiger partial charge in [0.15, 0.2) is 0 Å². The highest BCUT2D eigenvalue weighted by atomic mass is 16.5. The van der Waals surface area contributed by atoms with Crippen molar-refractivity contribution < 1.29 is 9.53 Å². The van der Waals surface area contributed by atoms with Gasteiger partial charge in [0.05, 0.1) is 30.5 Å². The van der Waals surface area contributed by atoms with Crippen LogP contribution >= 0.6 is 0 Å². The Bertz CT molecular complexity index is 1080. The standard InChI is InChI=1S/C22H26N4O3/c1-16-19-15-23-26(18-7-4-3-5-8-18)22(28)21(19)17(2)25(16)10-6-9-20(27)24-11-13-29-14-12-24/h3-5,7-8,15H,6,9-14H2,1-2H3. The van der Waals surface area contributed by atoms with Crippen molar-refractivity contribution in [1.29, 1.82) is 0 Å². The van der Waals surface area contributed by atoms with E-state index in [1.54, 1.807) is 6.20 Å². The number of amides is 1. The molecule has 1 aliphatic heterocycles. The molecular formula is C22H26N4O3. The molecule has 7 nitrogen and oxygen atoms in total. The molecule has 1 aliphatic rings. The number of aromatic nitrogens is 3. The van der Waals surface area contributed by atoms with Gasteiger partial charge in [-0.2, -0.15) is 9.78 Å². The molecule has 0 spiro atoms. The average Bonchev–Trinajstić information content (AvgIpc) is 3.00. The number of rotatable bonds is 5. The van der Waals surface area contributed by atoms with Crippen molar-refractivity contribution in [2.75, 3.05) is 26.3 Å². The number of benzene rings is 1. The molecule has 0 unspecified atom stereocenters. The van der Waals surface area contributed by atoms with Crippen LogP contribution in [0.15, 0.2) is 41.3 Å². The average molecular weight is 394 g/mol. The van der Waals surface area contributed by atoms with Crippen LogP contribution in [-0.4, -0.2) is 51.5 Å². The second-order valence-electron chi connectivity index (χ2n) is 7.40. The molecule has 29 heavy (non-hydrogen) atoms. The third-order valence-electron chi connectivity index (χ3n) is 5.68. The van der Waals surface area contributed by atoms with Gasteiger partial charge in [-0.3, -0.25) is 9.59 Å². The van der Waals surface area contributed by atoms with Crippen molar-refractivity contribution in [1.82, 2.24) is 19.2 Å². The second kappa shape index (κ2) is 8.21. The van der Waals surface area contributed by atoms with E-state index in [2.05, 4.69) is 9.67 Å². The largest absolute Gasteiger partial charge is 0.378 e. The van der Waals surface area contributed by atoms with E-state index in [-0.39, 0.29) is 11.5 Å². The highest BCUT2D eigenvalue weighted by Crippen LogP contribution is 2.23. The lowest BCUT2D eigenvalue weighted by Gasteiger charge is -2.26. The van der Waals surface area contributed by atoms with Crippen molar-refractivity contribution in [2.45, 2.75) is 33.2 Å². The summed E-state index contributed by atoms with van der Waals surface area (Å²) in [7, 11) is 0. The lowest BCUT2D eigenvalue weighted by molar-refractivity contribution is -0.135. The SMILES string of the molecule is Cc1c2cnn(-c3ccccc3)c(=O)c2c(C)n1CCCC(=O)N1CCOCC1. The topological polar surface area (TPSA) is 69.4 Å². The highest BCUT2D eigenvalue weighted by molar-refractivity contribution is 5.87. The maximum absolute atomic E-state index is 13.1. The van der Waals surface area contributed by atoms with Crippen LogP contribution in [0.1, 0.15) is 24.2 Å². The number of carbonyl (C=O) groups excluding carboxylic acids is 1. The normalized spacial score (nSPS) is 14.5. The van der Waals surface area contributed by atoms with Crippen LogP contribution in [0, 0.1) is 13.8 Å². The van der Waals surface area contributed by atoms with Crippen LogP contribution in [0.5, 0.6) is 0 Å². The van der Waals surface area contributed by atoms with E-state index in [0.717, 1.165) is 28.9 Å². The van der Waals surface area contributed by atoms with Gasteiger partial charge in [-0.05, 0) is 32.4 Å². The summed E-state index contributed by atoms with van der Waals surface area (Å²) < 4.78 is 8.89. The van der Waals surface area contributed by atoms with Gasteiger partial charge in [0, 0.05) is 42.8 Å². The van der Waals surface area contributed by atoms with Crippen molar-refractivity contribution in [3.8, 4) is 5.69 Å². The second-order valence-corrected chi connectivity index (χ2v) is 7.40. The smallest absolute Gasteiger partial charge is 0.281 e. The molecule has 7 heteroatoms. The maximum atomic E-state index is 13.1. The molecule has 1 amide bonds. The monoisotopic (exact) mass is 394 g/mol. The zero-order valence-corrected chi connectivity index (χ0v) is 16.9. The number of hydrogen-bond donors (Lipinski definition) is 0. The van der Waals surface area contributed by atoms with E-state index in [4.69, 9.17) is 4.74 Å². The Balaban J connectivity index is 1.56. The first-order valence-electron chi connectivity index (χ1n) is 10.1. The highest BCUT2D eigenvalue weighted by Gasteiger charge is 2.19. The first kappa shape index (κ1) is 19.4. The summed E-state index contributed by atoms with van der Waals surface area (Å²) in [6, 6.07) is 9.44. The Kier molecular flexibility index (Phi) is 5.49. The number of carbonyl (C=O) groups is 1. The Morgan fingerprint density at radius 1 is 1.10 bits per heavy atom. The minimum absolute atomic E-state index is 0.113. The summed E-state index contributed by atoms with van der Waals surface area (Å²) in [5.41, 5.74) is 2.58. The van der Waals surface area contributed by atoms with Gasteiger partial charge in [-0.1, -0.05) is 18.2 Å². The number of fused-ring (bicyclic) bond motifs is 1. The van der Waals surface area contributed by atoms with Crippen molar-refractivity contribution in [2.24, 2.45) is 0 Å². The van der Waals surface area contributed by atoms with Crippen molar-refractivity contribution in [3.05, 3.63) is 58.3 Å². The molecule has 0 saturated carbocycles. The first-order chi connectivity index (χ1) is 14.1. The molecule has 0 radical (unpaired) electrons. The van der Waals surface area contributed by atoms with E-state index in [9.17, 15) is 9.59 Å². The molecule has 152 valence electrons. The minimum Gasteiger partial charge on any atom is -0.378 e. The summed E-state index contributed by atoms with van der Waals surface area (Å²) >= 11 is 0. The molecule has 0 N–H and O–H groups in total. The van der Waals surface area contributed by atoms with Crippen LogP contribution in [0.25, 0.3) is 16.5 Å². The minimum atomic E-state index is -0.113. The van der Waals surface area contributed by atoms with E-state index in [0.29, 0.717) is 44.7 Å². The molecular weight excluding hydrogens is 368 g/mol. The lowest BCUT2D eigenvalue weighted by Crippen LogP contribution is -2.40. The number of hydrogen-bond acceptors (Lipinski definition) is 4. The third-order valence-corrected chi connectivity index (χ3v) is 5.68. The quantitative estimate of drug-likeness (QED) is 0.667. The van der Waals surface area contributed by atoms with E-state index < -0.39 is 0 Å². The maximum Gasteiger partial charge on any atom is 0.281 e. The van der Waals surface area contributed by atoms with Gasteiger partial charge in [0.1, 0.15) is 0 Å². The van der Waals surface area contributed by atoms with Crippen LogP contribution in [-0.2, 0) is 16.1 Å². The van der Waals surface area contributed by atoms with Crippen LogP contribution in [0.4, 0.5) is 0 Å². The number of morpholine rings is 1. The molecule has 4 rings (SSSR count). The van der Waals surface area contributed by atoms with Gasteiger partial charge in [-0.25, -0.2) is 0 Å². The van der Waals surface area contributed by atoms with Crippen molar-refractivity contribution >= 4 is 16.7 Å². The molecule has 0 atom stereocenters. The van der Waals surface area contributed by atoms with Gasteiger partial charge in [-0.15, -0.1) is 0 Å². The molecule has 3 aromatic rings. The molecule has 0 aliphatic carbocycles.